The number of hydrogen-bond donors (Lipinski definition) is 1. The first-order valence-electron chi connectivity index (χ1n) is 6.12. The maximum absolute atomic E-state index is 10.8. The van der Waals surface area contributed by atoms with Crippen molar-refractivity contribution < 1.29 is 9.90 Å². The summed E-state index contributed by atoms with van der Waals surface area (Å²) in [7, 11) is 0. The first-order valence-corrected chi connectivity index (χ1v) is 6.12. The Labute approximate surface area is 108 Å². The van der Waals surface area contributed by atoms with Gasteiger partial charge in [0.1, 0.15) is 0 Å². The van der Waals surface area contributed by atoms with E-state index in [-0.39, 0.29) is 5.92 Å². The third-order valence-corrected chi connectivity index (χ3v) is 2.71. The van der Waals surface area contributed by atoms with Gasteiger partial charge in [0.2, 0.25) is 0 Å². The zero-order chi connectivity index (χ0) is 13.4. The molecule has 1 atom stereocenters. The van der Waals surface area contributed by atoms with Crippen LogP contribution in [0.15, 0.2) is 30.3 Å². The van der Waals surface area contributed by atoms with Gasteiger partial charge < -0.3 is 5.11 Å². The van der Waals surface area contributed by atoms with Gasteiger partial charge in [0.05, 0.1) is 12.5 Å². The first-order chi connectivity index (χ1) is 8.63. The molecule has 18 heavy (non-hydrogen) atoms. The van der Waals surface area contributed by atoms with Crippen molar-refractivity contribution in [1.82, 2.24) is 4.90 Å². The molecular weight excluding hydrogens is 226 g/mol. The summed E-state index contributed by atoms with van der Waals surface area (Å²) in [4.78, 5) is 12.8. The fourth-order valence-corrected chi connectivity index (χ4v) is 1.55. The average Bonchev–Trinajstić information content (AvgIpc) is 2.38. The van der Waals surface area contributed by atoms with E-state index in [0.29, 0.717) is 13.1 Å². The zero-order valence-corrected chi connectivity index (χ0v) is 10.9. The molecule has 0 fully saturated rings. The number of carboxylic acids is 1. The molecule has 0 aliphatic carbocycles. The van der Waals surface area contributed by atoms with Crippen LogP contribution >= 0.6 is 0 Å². The molecule has 0 aliphatic rings. The lowest BCUT2D eigenvalue weighted by Gasteiger charge is -2.19. The number of carbonyl (C=O) groups is 1. The third kappa shape index (κ3) is 5.03. The van der Waals surface area contributed by atoms with Crippen molar-refractivity contribution in [3.8, 4) is 11.8 Å². The summed E-state index contributed by atoms with van der Waals surface area (Å²) in [5, 5.41) is 8.87. The topological polar surface area (TPSA) is 40.5 Å². The maximum Gasteiger partial charge on any atom is 0.307 e. The van der Waals surface area contributed by atoms with Crippen molar-refractivity contribution in [2.45, 2.75) is 13.8 Å². The normalized spacial score (nSPS) is 11.7. The molecule has 1 aromatic rings. The van der Waals surface area contributed by atoms with Crippen LogP contribution in [0.25, 0.3) is 0 Å². The fourth-order valence-electron chi connectivity index (χ4n) is 1.55. The van der Waals surface area contributed by atoms with Crippen molar-refractivity contribution in [3.63, 3.8) is 0 Å². The Morgan fingerprint density at radius 1 is 1.39 bits per heavy atom. The lowest BCUT2D eigenvalue weighted by molar-refractivity contribution is -0.141. The fraction of sp³-hybridized carbons (Fsp3) is 0.400. The molecule has 0 saturated carbocycles. The summed E-state index contributed by atoms with van der Waals surface area (Å²) in [6.07, 6.45) is 0. The van der Waals surface area contributed by atoms with E-state index in [1.165, 1.54) is 0 Å². The quantitative estimate of drug-likeness (QED) is 0.807. The molecule has 3 nitrogen and oxygen atoms in total. The van der Waals surface area contributed by atoms with E-state index in [2.05, 4.69) is 11.8 Å². The number of benzene rings is 1. The smallest absolute Gasteiger partial charge is 0.307 e. The third-order valence-electron chi connectivity index (χ3n) is 2.71. The molecular formula is C15H19NO2. The second-order valence-corrected chi connectivity index (χ2v) is 4.23. The molecule has 0 aromatic heterocycles. The first kappa shape index (κ1) is 14.3. The number of nitrogens with zero attached hydrogens (tertiary/aromatic N) is 1. The Balaban J connectivity index is 2.50. The van der Waals surface area contributed by atoms with Crippen molar-refractivity contribution in [2.24, 2.45) is 5.92 Å². The average molecular weight is 245 g/mol. The molecule has 0 amide bonds. The van der Waals surface area contributed by atoms with Crippen LogP contribution in [0.2, 0.25) is 0 Å². The van der Waals surface area contributed by atoms with Crippen molar-refractivity contribution in [1.29, 1.82) is 0 Å². The zero-order valence-electron chi connectivity index (χ0n) is 10.9. The predicted octanol–water partition coefficient (Wildman–Crippen LogP) is 2.08. The minimum atomic E-state index is -0.760. The molecule has 0 aliphatic heterocycles. The van der Waals surface area contributed by atoms with Crippen LogP contribution in [-0.2, 0) is 4.79 Å². The van der Waals surface area contributed by atoms with E-state index in [1.54, 1.807) is 6.92 Å². The molecule has 1 aromatic carbocycles. The Kier molecular flexibility index (Phi) is 5.96. The second kappa shape index (κ2) is 7.52. The minimum Gasteiger partial charge on any atom is -0.481 e. The summed E-state index contributed by atoms with van der Waals surface area (Å²) < 4.78 is 0. The van der Waals surface area contributed by atoms with Gasteiger partial charge >= 0.3 is 5.97 Å². The lowest BCUT2D eigenvalue weighted by atomic mass is 10.1. The standard InChI is InChI=1S/C15H19NO2/c1-3-16(12-13(2)15(17)18)11-7-10-14-8-5-4-6-9-14/h4-6,8-9,13H,3,11-12H2,1-2H3,(H,17,18). The molecule has 0 saturated heterocycles. The predicted molar refractivity (Wildman–Crippen MR) is 72.2 cm³/mol. The van der Waals surface area contributed by atoms with Crippen LogP contribution in [0.3, 0.4) is 0 Å². The van der Waals surface area contributed by atoms with E-state index in [1.807, 2.05) is 42.2 Å². The van der Waals surface area contributed by atoms with Crippen LogP contribution < -0.4 is 0 Å². The number of hydrogen-bond acceptors (Lipinski definition) is 2. The molecule has 0 radical (unpaired) electrons. The number of carboxylic acid groups (broad SMARTS) is 1. The van der Waals surface area contributed by atoms with Gasteiger partial charge in [-0.1, -0.05) is 43.9 Å². The molecule has 1 unspecified atom stereocenters. The van der Waals surface area contributed by atoms with E-state index in [9.17, 15) is 4.79 Å². The Morgan fingerprint density at radius 3 is 2.61 bits per heavy atom. The maximum atomic E-state index is 10.8. The second-order valence-electron chi connectivity index (χ2n) is 4.23. The van der Waals surface area contributed by atoms with E-state index < -0.39 is 5.97 Å². The van der Waals surface area contributed by atoms with Gasteiger partial charge in [-0.05, 0) is 18.7 Å². The molecule has 0 heterocycles. The highest BCUT2D eigenvalue weighted by molar-refractivity contribution is 5.69. The Hall–Kier alpha value is -1.79. The van der Waals surface area contributed by atoms with Crippen LogP contribution in [0, 0.1) is 17.8 Å². The van der Waals surface area contributed by atoms with Gasteiger partial charge in [0, 0.05) is 12.1 Å². The lowest BCUT2D eigenvalue weighted by Crippen LogP contribution is -2.32. The van der Waals surface area contributed by atoms with E-state index in [0.717, 1.165) is 12.1 Å². The largest absolute Gasteiger partial charge is 0.481 e. The number of rotatable bonds is 5. The van der Waals surface area contributed by atoms with Crippen molar-refractivity contribution in [3.05, 3.63) is 35.9 Å². The van der Waals surface area contributed by atoms with Gasteiger partial charge in [-0.25, -0.2) is 0 Å². The molecule has 96 valence electrons. The van der Waals surface area contributed by atoms with Crippen LogP contribution in [0.4, 0.5) is 0 Å². The summed E-state index contributed by atoms with van der Waals surface area (Å²) in [5.41, 5.74) is 0.986. The van der Waals surface area contributed by atoms with Crippen LogP contribution in [0.1, 0.15) is 19.4 Å². The Bertz CT molecular complexity index is 431. The molecule has 0 bridgehead atoms. The number of aliphatic carboxylic acids is 1. The SMILES string of the molecule is CCN(CC#Cc1ccccc1)CC(C)C(=O)O. The van der Waals surface area contributed by atoms with Crippen molar-refractivity contribution >= 4 is 5.97 Å². The van der Waals surface area contributed by atoms with E-state index in [4.69, 9.17) is 5.11 Å². The summed E-state index contributed by atoms with van der Waals surface area (Å²) in [6, 6.07) is 9.78. The van der Waals surface area contributed by atoms with Crippen LogP contribution in [0.5, 0.6) is 0 Å². The molecule has 1 N–H and O–H groups in total. The highest BCUT2D eigenvalue weighted by Gasteiger charge is 2.13. The van der Waals surface area contributed by atoms with Crippen LogP contribution in [-0.4, -0.2) is 35.6 Å². The van der Waals surface area contributed by atoms with Gasteiger partial charge in [-0.3, -0.25) is 9.69 Å². The summed E-state index contributed by atoms with van der Waals surface area (Å²) in [6.45, 7) is 5.67. The van der Waals surface area contributed by atoms with Gasteiger partial charge in [0.25, 0.3) is 0 Å². The molecule has 0 spiro atoms. The van der Waals surface area contributed by atoms with Gasteiger partial charge in [0.15, 0.2) is 0 Å². The summed E-state index contributed by atoms with van der Waals surface area (Å²) in [5.74, 6) is 5.04. The van der Waals surface area contributed by atoms with Crippen molar-refractivity contribution in [2.75, 3.05) is 19.6 Å². The highest BCUT2D eigenvalue weighted by atomic mass is 16.4. The summed E-state index contributed by atoms with van der Waals surface area (Å²) >= 11 is 0. The molecule has 1 rings (SSSR count). The highest BCUT2D eigenvalue weighted by Crippen LogP contribution is 2.00. The van der Waals surface area contributed by atoms with Gasteiger partial charge in [-0.2, -0.15) is 0 Å². The molecule has 3 heteroatoms. The van der Waals surface area contributed by atoms with E-state index >= 15 is 0 Å². The van der Waals surface area contributed by atoms with Gasteiger partial charge in [-0.15, -0.1) is 0 Å². The monoisotopic (exact) mass is 245 g/mol. The Morgan fingerprint density at radius 2 is 2.06 bits per heavy atom. The minimum absolute atomic E-state index is 0.358.